The number of hydrogen-bond acceptors (Lipinski definition) is 8. The fourth-order valence-corrected chi connectivity index (χ4v) is 7.31. The zero-order valence-corrected chi connectivity index (χ0v) is 24.0. The van der Waals surface area contributed by atoms with E-state index in [9.17, 15) is 32.7 Å². The van der Waals surface area contributed by atoms with E-state index in [2.05, 4.69) is 10.6 Å². The van der Waals surface area contributed by atoms with Gasteiger partial charge in [-0.15, -0.1) is 0 Å². The Balaban J connectivity index is 1.45. The zero-order chi connectivity index (χ0) is 30.0. The fourth-order valence-electron chi connectivity index (χ4n) is 5.77. The van der Waals surface area contributed by atoms with Gasteiger partial charge >= 0.3 is 5.97 Å². The molecule has 0 saturated carbocycles. The van der Waals surface area contributed by atoms with E-state index in [1.807, 2.05) is 36.4 Å². The molecule has 0 aromatic heterocycles. The van der Waals surface area contributed by atoms with Crippen LogP contribution in [0, 0.1) is 0 Å². The maximum Gasteiger partial charge on any atom is 0.310 e. The van der Waals surface area contributed by atoms with Gasteiger partial charge in [0.25, 0.3) is 5.91 Å². The van der Waals surface area contributed by atoms with Gasteiger partial charge in [0.1, 0.15) is 18.1 Å². The quantitative estimate of drug-likeness (QED) is 0.309. The largest absolute Gasteiger partial charge is 0.434 e. The van der Waals surface area contributed by atoms with Crippen LogP contribution in [0.1, 0.15) is 43.0 Å². The number of aliphatic hydroxyl groups excluding tert-OH is 1. The van der Waals surface area contributed by atoms with Gasteiger partial charge in [0, 0.05) is 24.7 Å². The maximum absolute atomic E-state index is 14.1. The van der Waals surface area contributed by atoms with Crippen molar-refractivity contribution in [1.82, 2.24) is 19.8 Å². The summed E-state index contributed by atoms with van der Waals surface area (Å²) in [6.07, 6.45) is 2.62. The van der Waals surface area contributed by atoms with Gasteiger partial charge in [0.05, 0.1) is 12.2 Å². The van der Waals surface area contributed by atoms with Crippen LogP contribution in [0.4, 0.5) is 0 Å². The molecule has 12 nitrogen and oxygen atoms in total. The Morgan fingerprint density at radius 3 is 2.50 bits per heavy atom. The molecule has 13 heteroatoms. The third-order valence-corrected chi connectivity index (χ3v) is 9.84. The average Bonchev–Trinajstić information content (AvgIpc) is 3.28. The first-order chi connectivity index (χ1) is 20.1. The molecule has 3 aliphatic heterocycles. The molecular weight excluding hydrogens is 564 g/mol. The van der Waals surface area contributed by atoms with Crippen LogP contribution in [-0.2, 0) is 29.1 Å². The minimum atomic E-state index is -3.73. The van der Waals surface area contributed by atoms with E-state index in [0.29, 0.717) is 18.4 Å². The lowest BCUT2D eigenvalue weighted by molar-refractivity contribution is -0.156. The number of cyclic esters (lactones) is 1. The number of esters is 1. The second-order valence-corrected chi connectivity index (χ2v) is 12.8. The highest BCUT2D eigenvalue weighted by atomic mass is 32.2. The predicted molar refractivity (Wildman–Crippen MR) is 152 cm³/mol. The second kappa shape index (κ2) is 12.2. The van der Waals surface area contributed by atoms with Gasteiger partial charge in [-0.1, -0.05) is 55.5 Å². The molecule has 0 bridgehead atoms. The highest BCUT2D eigenvalue weighted by Crippen LogP contribution is 2.27. The Hall–Kier alpha value is -3.81. The number of fused-ring (bicyclic) bond motifs is 2. The highest BCUT2D eigenvalue weighted by Gasteiger charge is 2.47. The molecule has 2 aromatic rings. The number of rotatable bonds is 7. The number of nitrogens with one attached hydrogen (secondary N) is 2. The van der Waals surface area contributed by atoms with E-state index >= 15 is 0 Å². The first-order valence-corrected chi connectivity index (χ1v) is 15.6. The standard InChI is InChI=1S/C29H34N4O8S/c1-2-14-42(39,40)32-16-19-10-4-6-13-22(30-26(35)21-12-7-9-18-8-3-5-11-20(18)21)28(37)33(19)24(17-32)27(36)31-23-15-25(34)41-29(23)38/h3-9,11-12,19,22-24,29,38H,2,10,13-17H2,1H3,(H,30,35)(H,31,36)/b6-4-/t19-,22-,23?,24-,29?/m0/s1. The van der Waals surface area contributed by atoms with Gasteiger partial charge in [0.15, 0.2) is 0 Å². The normalized spacial score (nSPS) is 27.5. The molecular formula is C29H34N4O8S. The SMILES string of the molecule is CCCS(=O)(=O)N1C[C@@H]2C/C=C\C[C@H](NC(=O)c3cccc4ccccc34)C(=O)N2[C@H](C(=O)NC2CC(=O)OC2O)C1. The number of hydrogen-bond donors (Lipinski definition) is 3. The lowest BCUT2D eigenvalue weighted by Gasteiger charge is -2.47. The molecule has 3 N–H and O–H groups in total. The van der Waals surface area contributed by atoms with Gasteiger partial charge in [-0.3, -0.25) is 19.2 Å². The summed E-state index contributed by atoms with van der Waals surface area (Å²) < 4.78 is 32.1. The molecule has 5 rings (SSSR count). The number of piperazine rings is 1. The van der Waals surface area contributed by atoms with Crippen molar-refractivity contribution < 1.29 is 37.4 Å². The van der Waals surface area contributed by atoms with E-state index in [-0.39, 0.29) is 31.7 Å². The molecule has 3 amide bonds. The van der Waals surface area contributed by atoms with Gasteiger partial charge < -0.3 is 25.4 Å². The molecule has 5 atom stereocenters. The van der Waals surface area contributed by atoms with Crippen molar-refractivity contribution >= 4 is 44.5 Å². The van der Waals surface area contributed by atoms with Crippen molar-refractivity contribution in [3.05, 3.63) is 60.2 Å². The average molecular weight is 599 g/mol. The lowest BCUT2D eigenvalue weighted by Crippen LogP contribution is -2.68. The molecule has 0 aliphatic carbocycles. The number of amides is 3. The Kier molecular flexibility index (Phi) is 8.62. The van der Waals surface area contributed by atoms with Crippen LogP contribution in [-0.4, -0.2) is 95.7 Å². The van der Waals surface area contributed by atoms with Gasteiger partial charge in [-0.05, 0) is 36.1 Å². The van der Waals surface area contributed by atoms with Crippen molar-refractivity contribution in [3.63, 3.8) is 0 Å². The maximum atomic E-state index is 14.1. The minimum Gasteiger partial charge on any atom is -0.434 e. The first kappa shape index (κ1) is 29.7. The lowest BCUT2D eigenvalue weighted by atomic mass is 9.97. The Bertz CT molecular complexity index is 1520. The van der Waals surface area contributed by atoms with Crippen molar-refractivity contribution in [3.8, 4) is 0 Å². The van der Waals surface area contributed by atoms with Crippen LogP contribution in [0.25, 0.3) is 10.8 Å². The number of benzene rings is 2. The number of ether oxygens (including phenoxy) is 1. The van der Waals surface area contributed by atoms with E-state index in [0.717, 1.165) is 10.8 Å². The monoisotopic (exact) mass is 598 g/mol. The molecule has 2 unspecified atom stereocenters. The molecule has 0 spiro atoms. The van der Waals surface area contributed by atoms with E-state index in [1.165, 1.54) is 9.21 Å². The third-order valence-electron chi connectivity index (χ3n) is 7.83. The molecule has 2 saturated heterocycles. The topological polar surface area (TPSA) is 162 Å². The summed E-state index contributed by atoms with van der Waals surface area (Å²) >= 11 is 0. The summed E-state index contributed by atoms with van der Waals surface area (Å²) in [6, 6.07) is 8.69. The number of sulfonamides is 1. The molecule has 3 heterocycles. The van der Waals surface area contributed by atoms with Gasteiger partial charge in [-0.25, -0.2) is 8.42 Å². The molecule has 2 aromatic carbocycles. The summed E-state index contributed by atoms with van der Waals surface area (Å²) in [5.74, 6) is -2.51. The van der Waals surface area contributed by atoms with Crippen LogP contribution in [0.5, 0.6) is 0 Å². The summed E-state index contributed by atoms with van der Waals surface area (Å²) in [4.78, 5) is 54.2. The summed E-state index contributed by atoms with van der Waals surface area (Å²) in [5.41, 5.74) is 0.396. The van der Waals surface area contributed by atoms with Crippen molar-refractivity contribution in [2.45, 2.75) is 63.1 Å². The third kappa shape index (κ3) is 6.03. The summed E-state index contributed by atoms with van der Waals surface area (Å²) in [6.45, 7) is 1.42. The summed E-state index contributed by atoms with van der Waals surface area (Å²) in [5, 5.41) is 17.0. The zero-order valence-electron chi connectivity index (χ0n) is 23.1. The first-order valence-electron chi connectivity index (χ1n) is 14.0. The van der Waals surface area contributed by atoms with Crippen LogP contribution in [0.15, 0.2) is 54.6 Å². The molecule has 0 radical (unpaired) electrons. The predicted octanol–water partition coefficient (Wildman–Crippen LogP) is 0.660. The summed E-state index contributed by atoms with van der Waals surface area (Å²) in [7, 11) is -3.73. The van der Waals surface area contributed by atoms with E-state index < -0.39 is 64.2 Å². The van der Waals surface area contributed by atoms with Crippen LogP contribution in [0.3, 0.4) is 0 Å². The van der Waals surface area contributed by atoms with Gasteiger partial charge in [0.2, 0.25) is 28.1 Å². The molecule has 3 aliphatic rings. The van der Waals surface area contributed by atoms with Gasteiger partial charge in [-0.2, -0.15) is 4.31 Å². The Morgan fingerprint density at radius 2 is 1.76 bits per heavy atom. The van der Waals surface area contributed by atoms with Crippen LogP contribution < -0.4 is 10.6 Å². The smallest absolute Gasteiger partial charge is 0.310 e. The van der Waals surface area contributed by atoms with Crippen LogP contribution >= 0.6 is 0 Å². The van der Waals surface area contributed by atoms with Crippen molar-refractivity contribution in [2.24, 2.45) is 0 Å². The van der Waals surface area contributed by atoms with E-state index in [4.69, 9.17) is 4.74 Å². The number of carbonyl (C=O) groups excluding carboxylic acids is 4. The fraction of sp³-hybridized carbons (Fsp3) is 0.448. The second-order valence-electron chi connectivity index (χ2n) is 10.7. The molecule has 224 valence electrons. The van der Waals surface area contributed by atoms with Crippen LogP contribution in [0.2, 0.25) is 0 Å². The number of nitrogens with zero attached hydrogens (tertiary/aromatic N) is 2. The van der Waals surface area contributed by atoms with Crippen molar-refractivity contribution in [2.75, 3.05) is 18.8 Å². The molecule has 2 fully saturated rings. The Labute approximate surface area is 243 Å². The number of aliphatic hydroxyl groups is 1. The van der Waals surface area contributed by atoms with Crippen molar-refractivity contribution in [1.29, 1.82) is 0 Å². The minimum absolute atomic E-state index is 0.0141. The molecule has 42 heavy (non-hydrogen) atoms. The van der Waals surface area contributed by atoms with E-state index in [1.54, 1.807) is 25.1 Å². The number of carbonyl (C=O) groups is 4. The highest BCUT2D eigenvalue weighted by molar-refractivity contribution is 7.89. The Morgan fingerprint density at radius 1 is 1.02 bits per heavy atom.